The van der Waals surface area contributed by atoms with Gasteiger partial charge >= 0.3 is 0 Å². The molecule has 0 saturated heterocycles. The number of aromatic amines is 1. The Morgan fingerprint density at radius 1 is 1.35 bits per heavy atom. The van der Waals surface area contributed by atoms with Crippen LogP contribution in [0.25, 0.3) is 10.9 Å². The first-order chi connectivity index (χ1) is 11.0. The standard InChI is InChI=1S/C18H22N4O/c1-5-15-12(3)14-7-11(2)6-13(17(14)21-15)8-20-18(23)16-9-19-10-22(16)4/h6-7,9-10,21H,5,8H2,1-4H3,(H,20,23). The average Bonchev–Trinajstić information content (AvgIpc) is 3.09. The largest absolute Gasteiger partial charge is 0.358 e. The van der Waals surface area contributed by atoms with Crippen LogP contribution in [0.2, 0.25) is 0 Å². The molecular formula is C18H22N4O. The van der Waals surface area contributed by atoms with E-state index < -0.39 is 0 Å². The maximum absolute atomic E-state index is 12.3. The van der Waals surface area contributed by atoms with Gasteiger partial charge < -0.3 is 14.9 Å². The number of H-pyrrole nitrogens is 1. The van der Waals surface area contributed by atoms with E-state index in [2.05, 4.69) is 48.2 Å². The highest BCUT2D eigenvalue weighted by Crippen LogP contribution is 2.26. The molecule has 3 aromatic rings. The Bertz CT molecular complexity index is 873. The van der Waals surface area contributed by atoms with Crippen LogP contribution in [0.4, 0.5) is 0 Å². The number of imidazole rings is 1. The van der Waals surface area contributed by atoms with Crippen molar-refractivity contribution in [3.05, 3.63) is 52.7 Å². The van der Waals surface area contributed by atoms with Gasteiger partial charge in [0.2, 0.25) is 0 Å². The number of benzene rings is 1. The van der Waals surface area contributed by atoms with Gasteiger partial charge in [0.05, 0.1) is 18.0 Å². The fraction of sp³-hybridized carbons (Fsp3) is 0.333. The number of hydrogen-bond acceptors (Lipinski definition) is 2. The van der Waals surface area contributed by atoms with Crippen LogP contribution in [-0.4, -0.2) is 20.4 Å². The maximum atomic E-state index is 12.3. The molecule has 0 spiro atoms. The summed E-state index contributed by atoms with van der Waals surface area (Å²) in [5.74, 6) is -0.112. The van der Waals surface area contributed by atoms with Crippen molar-refractivity contribution < 1.29 is 4.79 Å². The van der Waals surface area contributed by atoms with Crippen molar-refractivity contribution in [1.29, 1.82) is 0 Å². The Morgan fingerprint density at radius 3 is 2.78 bits per heavy atom. The molecule has 3 rings (SSSR count). The van der Waals surface area contributed by atoms with Crippen LogP contribution in [0, 0.1) is 13.8 Å². The average molecular weight is 310 g/mol. The highest BCUT2D eigenvalue weighted by molar-refractivity contribution is 5.93. The highest BCUT2D eigenvalue weighted by atomic mass is 16.1. The van der Waals surface area contributed by atoms with Gasteiger partial charge in [-0.25, -0.2) is 4.98 Å². The Kier molecular flexibility index (Phi) is 3.94. The summed E-state index contributed by atoms with van der Waals surface area (Å²) in [7, 11) is 1.81. The first kappa shape index (κ1) is 15.3. The molecule has 5 heteroatoms. The minimum absolute atomic E-state index is 0.112. The lowest BCUT2D eigenvalue weighted by atomic mass is 10.0. The molecular weight excluding hydrogens is 288 g/mol. The summed E-state index contributed by atoms with van der Waals surface area (Å²) in [6.45, 7) is 6.87. The number of carbonyl (C=O) groups is 1. The highest BCUT2D eigenvalue weighted by Gasteiger charge is 2.13. The van der Waals surface area contributed by atoms with Gasteiger partial charge in [0, 0.05) is 24.7 Å². The van der Waals surface area contributed by atoms with Crippen LogP contribution in [0.5, 0.6) is 0 Å². The maximum Gasteiger partial charge on any atom is 0.269 e. The van der Waals surface area contributed by atoms with Crippen LogP contribution < -0.4 is 5.32 Å². The fourth-order valence-corrected chi connectivity index (χ4v) is 3.05. The van der Waals surface area contributed by atoms with E-state index in [0.29, 0.717) is 12.2 Å². The number of aromatic nitrogens is 3. The zero-order valence-electron chi connectivity index (χ0n) is 14.0. The number of carbonyl (C=O) groups excluding carboxylic acids is 1. The van der Waals surface area contributed by atoms with Gasteiger partial charge in [-0.2, -0.15) is 0 Å². The second-order valence-electron chi connectivity index (χ2n) is 6.00. The van der Waals surface area contributed by atoms with E-state index in [9.17, 15) is 4.79 Å². The lowest BCUT2D eigenvalue weighted by molar-refractivity contribution is 0.0943. The molecule has 0 unspecified atom stereocenters. The Hall–Kier alpha value is -2.56. The fourth-order valence-electron chi connectivity index (χ4n) is 3.05. The van der Waals surface area contributed by atoms with Gasteiger partial charge in [0.1, 0.15) is 5.69 Å². The molecule has 2 aromatic heterocycles. The molecule has 0 aliphatic carbocycles. The monoisotopic (exact) mass is 310 g/mol. The topological polar surface area (TPSA) is 62.7 Å². The molecule has 1 aromatic carbocycles. The molecule has 0 bridgehead atoms. The molecule has 5 nitrogen and oxygen atoms in total. The van der Waals surface area contributed by atoms with Crippen molar-refractivity contribution in [2.45, 2.75) is 33.7 Å². The zero-order valence-corrected chi connectivity index (χ0v) is 14.0. The number of nitrogens with one attached hydrogen (secondary N) is 2. The molecule has 0 atom stereocenters. The van der Waals surface area contributed by atoms with E-state index in [0.717, 1.165) is 17.5 Å². The van der Waals surface area contributed by atoms with Gasteiger partial charge in [0.25, 0.3) is 5.91 Å². The summed E-state index contributed by atoms with van der Waals surface area (Å²) in [6.07, 6.45) is 4.18. The number of rotatable bonds is 4. The number of amides is 1. The Balaban J connectivity index is 1.91. The number of nitrogens with zero attached hydrogens (tertiary/aromatic N) is 2. The minimum atomic E-state index is -0.112. The van der Waals surface area contributed by atoms with E-state index >= 15 is 0 Å². The van der Waals surface area contributed by atoms with E-state index in [1.54, 1.807) is 17.1 Å². The molecule has 0 radical (unpaired) electrons. The van der Waals surface area contributed by atoms with Crippen molar-refractivity contribution >= 4 is 16.8 Å². The van der Waals surface area contributed by atoms with Crippen LogP contribution in [-0.2, 0) is 20.0 Å². The molecule has 0 aliphatic heterocycles. The van der Waals surface area contributed by atoms with E-state index in [4.69, 9.17) is 0 Å². The van der Waals surface area contributed by atoms with E-state index in [1.165, 1.54) is 22.2 Å². The van der Waals surface area contributed by atoms with Crippen LogP contribution >= 0.6 is 0 Å². The van der Waals surface area contributed by atoms with Crippen molar-refractivity contribution in [3.8, 4) is 0 Å². The molecule has 0 saturated carbocycles. The van der Waals surface area contributed by atoms with Crippen molar-refractivity contribution in [2.24, 2.45) is 7.05 Å². The third kappa shape index (κ3) is 2.74. The smallest absolute Gasteiger partial charge is 0.269 e. The molecule has 2 N–H and O–H groups in total. The van der Waals surface area contributed by atoms with Crippen LogP contribution in [0.15, 0.2) is 24.7 Å². The predicted molar refractivity (Wildman–Crippen MR) is 91.5 cm³/mol. The summed E-state index contributed by atoms with van der Waals surface area (Å²) in [6, 6.07) is 4.33. The minimum Gasteiger partial charge on any atom is -0.358 e. The van der Waals surface area contributed by atoms with Crippen LogP contribution in [0.1, 0.15) is 39.8 Å². The second kappa shape index (κ2) is 5.91. The van der Waals surface area contributed by atoms with Gasteiger partial charge in [-0.3, -0.25) is 4.79 Å². The number of hydrogen-bond donors (Lipinski definition) is 2. The Morgan fingerprint density at radius 2 is 2.13 bits per heavy atom. The first-order valence-corrected chi connectivity index (χ1v) is 7.86. The third-order valence-corrected chi connectivity index (χ3v) is 4.34. The normalized spacial score (nSPS) is 11.1. The summed E-state index contributed by atoms with van der Waals surface area (Å²) in [5.41, 5.74) is 6.54. The number of fused-ring (bicyclic) bond motifs is 1. The first-order valence-electron chi connectivity index (χ1n) is 7.86. The van der Waals surface area contributed by atoms with Crippen molar-refractivity contribution in [3.63, 3.8) is 0 Å². The summed E-state index contributed by atoms with van der Waals surface area (Å²) in [4.78, 5) is 19.8. The summed E-state index contributed by atoms with van der Waals surface area (Å²) >= 11 is 0. The third-order valence-electron chi connectivity index (χ3n) is 4.34. The summed E-state index contributed by atoms with van der Waals surface area (Å²) < 4.78 is 1.72. The van der Waals surface area contributed by atoms with Crippen molar-refractivity contribution in [1.82, 2.24) is 19.9 Å². The molecule has 1 amide bonds. The lowest BCUT2D eigenvalue weighted by Gasteiger charge is -2.08. The molecule has 0 fully saturated rings. The van der Waals surface area contributed by atoms with Crippen molar-refractivity contribution in [2.75, 3.05) is 0 Å². The zero-order chi connectivity index (χ0) is 16.6. The molecule has 120 valence electrons. The van der Waals surface area contributed by atoms with Gasteiger partial charge in [-0.15, -0.1) is 0 Å². The molecule has 0 aliphatic rings. The molecule has 23 heavy (non-hydrogen) atoms. The molecule has 2 heterocycles. The predicted octanol–water partition coefficient (Wildman–Crippen LogP) is 3.01. The summed E-state index contributed by atoms with van der Waals surface area (Å²) in [5, 5.41) is 4.23. The van der Waals surface area contributed by atoms with E-state index in [1.807, 2.05) is 7.05 Å². The second-order valence-corrected chi connectivity index (χ2v) is 6.00. The van der Waals surface area contributed by atoms with E-state index in [-0.39, 0.29) is 5.91 Å². The Labute approximate surface area is 135 Å². The quantitative estimate of drug-likeness (QED) is 0.778. The van der Waals surface area contributed by atoms with Crippen LogP contribution in [0.3, 0.4) is 0 Å². The van der Waals surface area contributed by atoms with Gasteiger partial charge in [0.15, 0.2) is 0 Å². The van der Waals surface area contributed by atoms with Gasteiger partial charge in [-0.1, -0.05) is 18.6 Å². The number of aryl methyl sites for hydroxylation is 4. The lowest BCUT2D eigenvalue weighted by Crippen LogP contribution is -2.24. The SMILES string of the molecule is CCc1[nH]c2c(CNC(=O)c3cncn3C)cc(C)cc2c1C. The van der Waals surface area contributed by atoms with Gasteiger partial charge in [-0.05, 0) is 37.5 Å².